The van der Waals surface area contributed by atoms with Crippen molar-refractivity contribution in [2.75, 3.05) is 0 Å². The number of hydrogen-bond donors (Lipinski definition) is 0. The SMILES string of the molecule is CC.N#C/C(=C(/C#N)c1ccccc1)c1ccccc1. The molecule has 0 aliphatic heterocycles. The summed E-state index contributed by atoms with van der Waals surface area (Å²) in [5, 5.41) is 18.6. The first-order valence-corrected chi connectivity index (χ1v) is 6.52. The van der Waals surface area contributed by atoms with Crippen molar-refractivity contribution < 1.29 is 0 Å². The van der Waals surface area contributed by atoms with Gasteiger partial charge < -0.3 is 0 Å². The summed E-state index contributed by atoms with van der Waals surface area (Å²) in [6.45, 7) is 4.00. The van der Waals surface area contributed by atoms with Gasteiger partial charge in [-0.15, -0.1) is 0 Å². The van der Waals surface area contributed by atoms with Gasteiger partial charge in [0, 0.05) is 0 Å². The van der Waals surface area contributed by atoms with Crippen molar-refractivity contribution in [2.24, 2.45) is 0 Å². The Hall–Kier alpha value is -2.84. The summed E-state index contributed by atoms with van der Waals surface area (Å²) in [6, 6.07) is 22.8. The highest BCUT2D eigenvalue weighted by Crippen LogP contribution is 2.25. The molecule has 20 heavy (non-hydrogen) atoms. The van der Waals surface area contributed by atoms with Gasteiger partial charge in [0.05, 0.1) is 11.1 Å². The molecule has 0 N–H and O–H groups in total. The van der Waals surface area contributed by atoms with Crippen molar-refractivity contribution >= 4 is 11.1 Å². The highest BCUT2D eigenvalue weighted by atomic mass is 14.3. The fourth-order valence-corrected chi connectivity index (χ4v) is 1.74. The van der Waals surface area contributed by atoms with Crippen molar-refractivity contribution in [2.45, 2.75) is 13.8 Å². The molecule has 0 saturated heterocycles. The lowest BCUT2D eigenvalue weighted by Crippen LogP contribution is -1.88. The van der Waals surface area contributed by atoms with Crippen LogP contribution in [0.3, 0.4) is 0 Å². The summed E-state index contributed by atoms with van der Waals surface area (Å²) >= 11 is 0. The van der Waals surface area contributed by atoms with Gasteiger partial charge in [-0.25, -0.2) is 0 Å². The van der Waals surface area contributed by atoms with Gasteiger partial charge in [-0.3, -0.25) is 0 Å². The Balaban J connectivity index is 0.000000956. The van der Waals surface area contributed by atoms with Crippen molar-refractivity contribution in [1.82, 2.24) is 0 Å². The molecule has 2 aromatic carbocycles. The minimum absolute atomic E-state index is 0.407. The quantitative estimate of drug-likeness (QED) is 0.582. The largest absolute Gasteiger partial charge is 0.192 e. The highest BCUT2D eigenvalue weighted by Gasteiger charge is 2.10. The van der Waals surface area contributed by atoms with Gasteiger partial charge in [0.1, 0.15) is 12.1 Å². The average Bonchev–Trinajstić information content (AvgIpc) is 2.56. The smallest absolute Gasteiger partial charge is 0.101 e. The van der Waals surface area contributed by atoms with Crippen LogP contribution in [0.4, 0.5) is 0 Å². The van der Waals surface area contributed by atoms with Crippen LogP contribution >= 0.6 is 0 Å². The number of nitriles is 2. The van der Waals surface area contributed by atoms with Gasteiger partial charge in [0.25, 0.3) is 0 Å². The first-order chi connectivity index (χ1) is 9.86. The lowest BCUT2D eigenvalue weighted by atomic mass is 9.96. The molecule has 0 heterocycles. The maximum absolute atomic E-state index is 9.28. The van der Waals surface area contributed by atoms with E-state index in [-0.39, 0.29) is 0 Å². The monoisotopic (exact) mass is 260 g/mol. The molecule has 98 valence electrons. The molecular formula is C18H16N2. The fourth-order valence-electron chi connectivity index (χ4n) is 1.74. The van der Waals surface area contributed by atoms with Crippen LogP contribution in [0.1, 0.15) is 25.0 Å². The molecule has 0 saturated carbocycles. The Bertz CT molecular complexity index is 582. The van der Waals surface area contributed by atoms with Gasteiger partial charge in [-0.05, 0) is 11.1 Å². The summed E-state index contributed by atoms with van der Waals surface area (Å²) in [5.41, 5.74) is 2.34. The summed E-state index contributed by atoms with van der Waals surface area (Å²) < 4.78 is 0. The molecule has 0 spiro atoms. The number of allylic oxidation sites excluding steroid dienone is 2. The Labute approximate surface area is 120 Å². The van der Waals surface area contributed by atoms with E-state index in [1.807, 2.05) is 74.5 Å². The molecule has 2 heteroatoms. The van der Waals surface area contributed by atoms with E-state index in [1.54, 1.807) is 0 Å². The minimum Gasteiger partial charge on any atom is -0.192 e. The molecule has 2 aromatic rings. The van der Waals surface area contributed by atoms with Crippen molar-refractivity contribution in [3.05, 3.63) is 71.8 Å². The first kappa shape index (κ1) is 15.2. The second kappa shape index (κ2) is 8.29. The molecule has 2 rings (SSSR count). The Morgan fingerprint density at radius 2 is 0.950 bits per heavy atom. The molecule has 0 bridgehead atoms. The third kappa shape index (κ3) is 3.57. The molecule has 0 fully saturated rings. The zero-order valence-corrected chi connectivity index (χ0v) is 11.7. The van der Waals surface area contributed by atoms with E-state index in [4.69, 9.17) is 0 Å². The number of nitrogens with zero attached hydrogens (tertiary/aromatic N) is 2. The lowest BCUT2D eigenvalue weighted by Gasteiger charge is -2.03. The van der Waals surface area contributed by atoms with E-state index >= 15 is 0 Å². The molecule has 0 amide bonds. The molecular weight excluding hydrogens is 244 g/mol. The molecule has 0 radical (unpaired) electrons. The van der Waals surface area contributed by atoms with Crippen LogP contribution < -0.4 is 0 Å². The second-order valence-electron chi connectivity index (χ2n) is 3.71. The van der Waals surface area contributed by atoms with E-state index in [9.17, 15) is 10.5 Å². The predicted octanol–water partition coefficient (Wildman–Crippen LogP) is 4.67. The van der Waals surface area contributed by atoms with Gasteiger partial charge in [-0.2, -0.15) is 10.5 Å². The van der Waals surface area contributed by atoms with Gasteiger partial charge in [-0.1, -0.05) is 74.5 Å². The molecule has 0 unspecified atom stereocenters. The molecule has 0 aliphatic carbocycles. The third-order valence-corrected chi connectivity index (χ3v) is 2.60. The van der Waals surface area contributed by atoms with Gasteiger partial charge in [0.15, 0.2) is 0 Å². The van der Waals surface area contributed by atoms with Crippen LogP contribution in [-0.2, 0) is 0 Å². The minimum atomic E-state index is 0.407. The Morgan fingerprint density at radius 3 is 1.20 bits per heavy atom. The van der Waals surface area contributed by atoms with Crippen LogP contribution in [0.5, 0.6) is 0 Å². The van der Waals surface area contributed by atoms with Crippen LogP contribution in [0.25, 0.3) is 11.1 Å². The zero-order chi connectivity index (χ0) is 14.8. The van der Waals surface area contributed by atoms with Gasteiger partial charge >= 0.3 is 0 Å². The van der Waals surface area contributed by atoms with E-state index in [2.05, 4.69) is 12.1 Å². The standard InChI is InChI=1S/C16H10N2.C2H6/c17-11-15(13-7-3-1-4-8-13)16(12-18)14-9-5-2-6-10-14;1-2/h1-10H;1-2H3/b16-15+;. The molecule has 2 nitrogen and oxygen atoms in total. The maximum atomic E-state index is 9.28. The van der Waals surface area contributed by atoms with Crippen molar-refractivity contribution in [1.29, 1.82) is 10.5 Å². The van der Waals surface area contributed by atoms with E-state index in [1.165, 1.54) is 0 Å². The van der Waals surface area contributed by atoms with E-state index in [0.717, 1.165) is 11.1 Å². The summed E-state index contributed by atoms with van der Waals surface area (Å²) in [4.78, 5) is 0. The number of benzene rings is 2. The first-order valence-electron chi connectivity index (χ1n) is 6.52. The summed E-state index contributed by atoms with van der Waals surface area (Å²) in [5.74, 6) is 0. The highest BCUT2D eigenvalue weighted by molar-refractivity contribution is 6.02. The van der Waals surface area contributed by atoms with Crippen LogP contribution in [-0.4, -0.2) is 0 Å². The predicted molar refractivity (Wildman–Crippen MR) is 82.3 cm³/mol. The topological polar surface area (TPSA) is 47.6 Å². The normalized spacial score (nSPS) is 10.2. The van der Waals surface area contributed by atoms with E-state index < -0.39 is 0 Å². The second-order valence-corrected chi connectivity index (χ2v) is 3.71. The molecule has 0 aliphatic rings. The van der Waals surface area contributed by atoms with Crippen LogP contribution in [0.2, 0.25) is 0 Å². The molecule has 0 atom stereocenters. The Morgan fingerprint density at radius 1 is 0.650 bits per heavy atom. The van der Waals surface area contributed by atoms with Crippen LogP contribution in [0, 0.1) is 22.7 Å². The average molecular weight is 260 g/mol. The third-order valence-electron chi connectivity index (χ3n) is 2.60. The number of hydrogen-bond acceptors (Lipinski definition) is 2. The zero-order valence-electron chi connectivity index (χ0n) is 11.7. The molecule has 0 aromatic heterocycles. The maximum Gasteiger partial charge on any atom is 0.101 e. The van der Waals surface area contributed by atoms with Crippen molar-refractivity contribution in [3.63, 3.8) is 0 Å². The fraction of sp³-hybridized carbons (Fsp3) is 0.111. The lowest BCUT2D eigenvalue weighted by molar-refractivity contribution is 1.50. The summed E-state index contributed by atoms with van der Waals surface area (Å²) in [7, 11) is 0. The van der Waals surface area contributed by atoms with Crippen LogP contribution in [0.15, 0.2) is 60.7 Å². The number of rotatable bonds is 2. The Kier molecular flexibility index (Phi) is 6.31. The van der Waals surface area contributed by atoms with Crippen molar-refractivity contribution in [3.8, 4) is 12.1 Å². The van der Waals surface area contributed by atoms with Gasteiger partial charge in [0.2, 0.25) is 0 Å². The summed E-state index contributed by atoms with van der Waals surface area (Å²) in [6.07, 6.45) is 0. The van der Waals surface area contributed by atoms with E-state index in [0.29, 0.717) is 11.1 Å².